The molecule has 1 atom stereocenters. The number of amides is 2. The normalized spacial score (nSPS) is 11.2. The molecule has 0 aliphatic carbocycles. The smallest absolute Gasteiger partial charge is 0.326 e. The molecule has 1 rings (SSSR count). The van der Waals surface area contributed by atoms with E-state index in [0.717, 1.165) is 0 Å². The van der Waals surface area contributed by atoms with Crippen LogP contribution in [0.15, 0.2) is 22.7 Å². The number of nitrogens with zero attached hydrogens (tertiary/aromatic N) is 1. The van der Waals surface area contributed by atoms with Gasteiger partial charge in [0.1, 0.15) is 6.04 Å². The van der Waals surface area contributed by atoms with E-state index in [1.54, 1.807) is 25.1 Å². The fraction of sp³-hybridized carbons (Fsp3) is 0.250. The molecular formula is C12H12BrN3O3. The molecule has 19 heavy (non-hydrogen) atoms. The summed E-state index contributed by atoms with van der Waals surface area (Å²) in [6, 6.07) is 5.09. The zero-order valence-electron chi connectivity index (χ0n) is 10.1. The van der Waals surface area contributed by atoms with Crippen molar-refractivity contribution in [3.05, 3.63) is 28.2 Å². The van der Waals surface area contributed by atoms with E-state index in [1.807, 2.05) is 6.07 Å². The number of anilines is 1. The lowest BCUT2D eigenvalue weighted by molar-refractivity contribution is -0.139. The third-order valence-corrected chi connectivity index (χ3v) is 3.01. The molecule has 0 aliphatic rings. The van der Waals surface area contributed by atoms with Gasteiger partial charge in [0.2, 0.25) is 0 Å². The molecule has 0 unspecified atom stereocenters. The van der Waals surface area contributed by atoms with E-state index in [1.165, 1.54) is 0 Å². The van der Waals surface area contributed by atoms with Crippen molar-refractivity contribution >= 4 is 33.6 Å². The van der Waals surface area contributed by atoms with Gasteiger partial charge in [0.15, 0.2) is 0 Å². The number of hydrogen-bond acceptors (Lipinski definition) is 3. The van der Waals surface area contributed by atoms with Gasteiger partial charge in [-0.3, -0.25) is 0 Å². The Kier molecular flexibility index (Phi) is 5.33. The van der Waals surface area contributed by atoms with Gasteiger partial charge in [-0.2, -0.15) is 5.26 Å². The quantitative estimate of drug-likeness (QED) is 0.790. The molecule has 0 aliphatic heterocycles. The zero-order valence-corrected chi connectivity index (χ0v) is 11.7. The molecule has 0 heterocycles. The molecule has 2 amide bonds. The van der Waals surface area contributed by atoms with Crippen molar-refractivity contribution in [1.29, 1.82) is 5.26 Å². The van der Waals surface area contributed by atoms with Crippen molar-refractivity contribution in [1.82, 2.24) is 5.32 Å². The minimum Gasteiger partial charge on any atom is -0.480 e. The molecule has 0 aromatic heterocycles. The van der Waals surface area contributed by atoms with Crippen LogP contribution in [0.5, 0.6) is 0 Å². The van der Waals surface area contributed by atoms with Crippen LogP contribution in [-0.4, -0.2) is 23.1 Å². The summed E-state index contributed by atoms with van der Waals surface area (Å²) in [5, 5.41) is 22.4. The van der Waals surface area contributed by atoms with Crippen LogP contribution in [0.4, 0.5) is 10.5 Å². The Bertz CT molecular complexity index is 540. The monoisotopic (exact) mass is 325 g/mol. The molecule has 6 nitrogen and oxygen atoms in total. The number of carbonyl (C=O) groups excluding carboxylic acids is 1. The van der Waals surface area contributed by atoms with Crippen LogP contribution < -0.4 is 10.6 Å². The van der Waals surface area contributed by atoms with Crippen LogP contribution >= 0.6 is 15.9 Å². The summed E-state index contributed by atoms with van der Waals surface area (Å²) in [6.45, 7) is 1.66. The first-order valence-electron chi connectivity index (χ1n) is 5.48. The van der Waals surface area contributed by atoms with Crippen LogP contribution in [0.2, 0.25) is 0 Å². The summed E-state index contributed by atoms with van der Waals surface area (Å²) < 4.78 is 0.546. The van der Waals surface area contributed by atoms with Gasteiger partial charge in [-0.25, -0.2) is 9.59 Å². The van der Waals surface area contributed by atoms with E-state index in [-0.39, 0.29) is 6.42 Å². The Morgan fingerprint density at radius 1 is 1.53 bits per heavy atom. The summed E-state index contributed by atoms with van der Waals surface area (Å²) in [5.41, 5.74) is 0.909. The number of halogens is 1. The highest BCUT2D eigenvalue weighted by Gasteiger charge is 2.17. The molecule has 1 aromatic rings. The predicted octanol–water partition coefficient (Wildman–Crippen LogP) is 2.31. The maximum atomic E-state index is 11.6. The van der Waals surface area contributed by atoms with Crippen molar-refractivity contribution in [2.45, 2.75) is 19.4 Å². The fourth-order valence-electron chi connectivity index (χ4n) is 1.34. The molecule has 0 spiro atoms. The number of aliphatic carboxylic acids is 1. The standard InChI is InChI=1S/C12H12BrN3O3/c1-2-9(11(17)18)15-12(19)16-10-4-3-7(6-14)5-8(10)13/h3-5,9H,2H2,1H3,(H,17,18)(H2,15,16,19)/t9-/m0/s1. The van der Waals surface area contributed by atoms with Crippen LogP contribution in [0.1, 0.15) is 18.9 Å². The SMILES string of the molecule is CC[C@H](NC(=O)Nc1ccc(C#N)cc1Br)C(=O)O. The molecular weight excluding hydrogens is 314 g/mol. The van der Waals surface area contributed by atoms with E-state index in [0.29, 0.717) is 15.7 Å². The highest BCUT2D eigenvalue weighted by molar-refractivity contribution is 9.10. The van der Waals surface area contributed by atoms with Gasteiger partial charge in [0, 0.05) is 4.47 Å². The number of carbonyl (C=O) groups is 2. The van der Waals surface area contributed by atoms with E-state index < -0.39 is 18.0 Å². The van der Waals surface area contributed by atoms with Crippen LogP contribution in [0, 0.1) is 11.3 Å². The van der Waals surface area contributed by atoms with Gasteiger partial charge in [-0.15, -0.1) is 0 Å². The van der Waals surface area contributed by atoms with Gasteiger partial charge in [-0.05, 0) is 40.5 Å². The number of nitriles is 1. The number of rotatable bonds is 4. The minimum absolute atomic E-state index is 0.289. The van der Waals surface area contributed by atoms with Gasteiger partial charge in [-0.1, -0.05) is 6.92 Å². The number of benzene rings is 1. The van der Waals surface area contributed by atoms with Crippen molar-refractivity contribution in [2.24, 2.45) is 0 Å². The summed E-state index contributed by atoms with van der Waals surface area (Å²) in [5.74, 6) is -1.09. The van der Waals surface area contributed by atoms with Crippen molar-refractivity contribution in [3.8, 4) is 6.07 Å². The Hall–Kier alpha value is -2.07. The number of hydrogen-bond donors (Lipinski definition) is 3. The zero-order chi connectivity index (χ0) is 14.4. The molecule has 100 valence electrons. The topological polar surface area (TPSA) is 102 Å². The highest BCUT2D eigenvalue weighted by atomic mass is 79.9. The molecule has 0 saturated heterocycles. The average Bonchev–Trinajstić information content (AvgIpc) is 2.37. The average molecular weight is 326 g/mol. The van der Waals surface area contributed by atoms with Gasteiger partial charge in [0.25, 0.3) is 0 Å². The lowest BCUT2D eigenvalue weighted by atomic mass is 10.2. The Morgan fingerprint density at radius 2 is 2.21 bits per heavy atom. The van der Waals surface area contributed by atoms with Crippen molar-refractivity contribution < 1.29 is 14.7 Å². The van der Waals surface area contributed by atoms with Crippen LogP contribution in [0.3, 0.4) is 0 Å². The second kappa shape index (κ2) is 6.75. The van der Waals surface area contributed by atoms with E-state index >= 15 is 0 Å². The van der Waals surface area contributed by atoms with Crippen molar-refractivity contribution in [2.75, 3.05) is 5.32 Å². The second-order valence-corrected chi connectivity index (χ2v) is 4.56. The van der Waals surface area contributed by atoms with Crippen molar-refractivity contribution in [3.63, 3.8) is 0 Å². The largest absolute Gasteiger partial charge is 0.480 e. The second-order valence-electron chi connectivity index (χ2n) is 3.70. The highest BCUT2D eigenvalue weighted by Crippen LogP contribution is 2.23. The summed E-state index contributed by atoms with van der Waals surface area (Å²) in [7, 11) is 0. The van der Waals surface area contributed by atoms with E-state index in [2.05, 4.69) is 26.6 Å². The molecule has 0 fully saturated rings. The Morgan fingerprint density at radius 3 is 2.68 bits per heavy atom. The van der Waals surface area contributed by atoms with Gasteiger partial charge >= 0.3 is 12.0 Å². The number of urea groups is 1. The summed E-state index contributed by atoms with van der Waals surface area (Å²) >= 11 is 3.22. The lowest BCUT2D eigenvalue weighted by Gasteiger charge is -2.13. The van der Waals surface area contributed by atoms with Gasteiger partial charge < -0.3 is 15.7 Å². The van der Waals surface area contributed by atoms with Gasteiger partial charge in [0.05, 0.1) is 17.3 Å². The number of carboxylic acid groups (broad SMARTS) is 1. The lowest BCUT2D eigenvalue weighted by Crippen LogP contribution is -2.42. The van der Waals surface area contributed by atoms with Crippen LogP contribution in [-0.2, 0) is 4.79 Å². The first-order valence-corrected chi connectivity index (χ1v) is 6.27. The molecule has 3 N–H and O–H groups in total. The molecule has 0 bridgehead atoms. The van der Waals surface area contributed by atoms with Crippen LogP contribution in [0.25, 0.3) is 0 Å². The minimum atomic E-state index is -1.09. The first-order chi connectivity index (χ1) is 8.97. The number of nitrogens with one attached hydrogen (secondary N) is 2. The van der Waals surface area contributed by atoms with E-state index in [9.17, 15) is 9.59 Å². The molecule has 0 saturated carbocycles. The maximum Gasteiger partial charge on any atom is 0.326 e. The molecule has 7 heteroatoms. The Balaban J connectivity index is 2.72. The third-order valence-electron chi connectivity index (χ3n) is 2.36. The maximum absolute atomic E-state index is 11.6. The summed E-state index contributed by atoms with van der Waals surface area (Å²) in [6.07, 6.45) is 0.289. The first kappa shape index (κ1) is 15.0. The van der Waals surface area contributed by atoms with E-state index in [4.69, 9.17) is 10.4 Å². The fourth-order valence-corrected chi connectivity index (χ4v) is 1.82. The molecule has 0 radical (unpaired) electrons. The predicted molar refractivity (Wildman–Crippen MR) is 72.7 cm³/mol. The Labute approximate surface area is 118 Å². The molecule has 1 aromatic carbocycles. The third kappa shape index (κ3) is 4.26. The summed E-state index contributed by atoms with van der Waals surface area (Å²) in [4.78, 5) is 22.4. The number of carboxylic acids is 1.